The minimum Gasteiger partial charge on any atom is -0.340 e. The Hall–Kier alpha value is -0.870. The predicted molar refractivity (Wildman–Crippen MR) is 48.1 cm³/mol. The number of rotatable bonds is 3. The van der Waals surface area contributed by atoms with Gasteiger partial charge in [0.1, 0.15) is 0 Å². The van der Waals surface area contributed by atoms with Gasteiger partial charge in [0.15, 0.2) is 0 Å². The number of nitrogens with two attached hydrogens (primary N) is 1. The molecule has 0 radical (unpaired) electrons. The van der Waals surface area contributed by atoms with E-state index in [0.29, 0.717) is 5.92 Å². The van der Waals surface area contributed by atoms with E-state index in [1.807, 2.05) is 17.8 Å². The van der Waals surface area contributed by atoms with Crippen LogP contribution in [0.25, 0.3) is 0 Å². The minimum absolute atomic E-state index is 0.145. The van der Waals surface area contributed by atoms with Crippen LogP contribution in [-0.2, 0) is 7.05 Å². The Kier molecular flexibility index (Phi) is 2.83. The lowest BCUT2D eigenvalue weighted by Crippen LogP contribution is -2.31. The van der Waals surface area contributed by atoms with Crippen molar-refractivity contribution in [3.05, 3.63) is 18.2 Å². The van der Waals surface area contributed by atoms with Crippen LogP contribution in [-0.4, -0.2) is 9.55 Å². The predicted octanol–water partition coefficient (Wildman–Crippen LogP) is 0.580. The van der Waals surface area contributed by atoms with Crippen molar-refractivity contribution in [3.63, 3.8) is 0 Å². The Labute approximate surface area is 72.8 Å². The van der Waals surface area contributed by atoms with E-state index in [9.17, 15) is 0 Å². The fraction of sp³-hybridized carbons (Fsp3) is 0.625. The zero-order chi connectivity index (χ0) is 9.14. The second kappa shape index (κ2) is 3.69. The molecule has 1 atom stereocenters. The Morgan fingerprint density at radius 2 is 2.25 bits per heavy atom. The number of hydrazine groups is 1. The Balaban J connectivity index is 2.80. The summed E-state index contributed by atoms with van der Waals surface area (Å²) in [6.45, 7) is 4.22. The lowest BCUT2D eigenvalue weighted by Gasteiger charge is -2.16. The average molecular weight is 168 g/mol. The van der Waals surface area contributed by atoms with E-state index in [1.165, 1.54) is 0 Å². The van der Waals surface area contributed by atoms with Crippen molar-refractivity contribution in [1.82, 2.24) is 15.0 Å². The second-order valence-corrected chi connectivity index (χ2v) is 3.35. The molecule has 1 aromatic heterocycles. The molecule has 4 nitrogen and oxygen atoms in total. The quantitative estimate of drug-likeness (QED) is 0.513. The summed E-state index contributed by atoms with van der Waals surface area (Å²) in [5.41, 5.74) is 3.75. The zero-order valence-corrected chi connectivity index (χ0v) is 7.78. The standard InChI is InChI=1S/C8H16N4/c1-6(2)8(11-9)7-4-12(3)5-10-7/h4-6,8,11H,9H2,1-3H3. The first kappa shape index (κ1) is 9.22. The van der Waals surface area contributed by atoms with Gasteiger partial charge in [0.05, 0.1) is 18.1 Å². The van der Waals surface area contributed by atoms with Crippen LogP contribution in [0.5, 0.6) is 0 Å². The van der Waals surface area contributed by atoms with Gasteiger partial charge in [-0.1, -0.05) is 13.8 Å². The van der Waals surface area contributed by atoms with Gasteiger partial charge in [0.2, 0.25) is 0 Å². The molecule has 1 heterocycles. The molecule has 4 heteroatoms. The maximum Gasteiger partial charge on any atom is 0.0947 e. The highest BCUT2D eigenvalue weighted by Gasteiger charge is 2.15. The van der Waals surface area contributed by atoms with Crippen LogP contribution in [0.2, 0.25) is 0 Å². The molecule has 0 aliphatic heterocycles. The number of nitrogens with one attached hydrogen (secondary N) is 1. The van der Waals surface area contributed by atoms with Gasteiger partial charge >= 0.3 is 0 Å². The van der Waals surface area contributed by atoms with Crippen LogP contribution in [0.4, 0.5) is 0 Å². The highest BCUT2D eigenvalue weighted by atomic mass is 15.2. The van der Waals surface area contributed by atoms with Gasteiger partial charge in [-0.05, 0) is 5.92 Å². The summed E-state index contributed by atoms with van der Waals surface area (Å²) in [6, 6.07) is 0.145. The fourth-order valence-corrected chi connectivity index (χ4v) is 1.21. The van der Waals surface area contributed by atoms with Gasteiger partial charge in [-0.15, -0.1) is 0 Å². The number of aryl methyl sites for hydroxylation is 1. The maximum absolute atomic E-state index is 5.42. The third kappa shape index (κ3) is 1.84. The van der Waals surface area contributed by atoms with Crippen LogP contribution >= 0.6 is 0 Å². The van der Waals surface area contributed by atoms with Gasteiger partial charge in [0.25, 0.3) is 0 Å². The first-order chi connectivity index (χ1) is 5.65. The molecule has 0 aromatic carbocycles. The van der Waals surface area contributed by atoms with Gasteiger partial charge in [-0.3, -0.25) is 11.3 Å². The molecule has 0 aliphatic carbocycles. The molecule has 1 rings (SSSR count). The second-order valence-electron chi connectivity index (χ2n) is 3.35. The number of hydrogen-bond acceptors (Lipinski definition) is 3. The molecule has 0 saturated carbocycles. The first-order valence-corrected chi connectivity index (χ1v) is 4.09. The van der Waals surface area contributed by atoms with Gasteiger partial charge < -0.3 is 4.57 Å². The normalized spacial score (nSPS) is 13.8. The Bertz CT molecular complexity index is 241. The highest BCUT2D eigenvalue weighted by Crippen LogP contribution is 2.17. The summed E-state index contributed by atoms with van der Waals surface area (Å²) in [6.07, 6.45) is 3.76. The number of hydrogen-bond donors (Lipinski definition) is 2. The molecule has 0 bridgehead atoms. The largest absolute Gasteiger partial charge is 0.340 e. The van der Waals surface area contributed by atoms with E-state index in [2.05, 4.69) is 24.3 Å². The van der Waals surface area contributed by atoms with Gasteiger partial charge in [-0.2, -0.15) is 0 Å². The van der Waals surface area contributed by atoms with Crippen molar-refractivity contribution in [3.8, 4) is 0 Å². The van der Waals surface area contributed by atoms with Crippen LogP contribution < -0.4 is 11.3 Å². The first-order valence-electron chi connectivity index (χ1n) is 4.09. The van der Waals surface area contributed by atoms with Crippen molar-refractivity contribution >= 4 is 0 Å². The summed E-state index contributed by atoms with van der Waals surface area (Å²) in [5, 5.41) is 0. The Morgan fingerprint density at radius 1 is 1.58 bits per heavy atom. The van der Waals surface area contributed by atoms with Crippen molar-refractivity contribution in [2.24, 2.45) is 18.8 Å². The lowest BCUT2D eigenvalue weighted by atomic mass is 10.0. The van der Waals surface area contributed by atoms with Crippen LogP contribution in [0, 0.1) is 5.92 Å². The number of imidazole rings is 1. The van der Waals surface area contributed by atoms with E-state index >= 15 is 0 Å². The minimum atomic E-state index is 0.145. The van der Waals surface area contributed by atoms with E-state index in [1.54, 1.807) is 6.33 Å². The van der Waals surface area contributed by atoms with E-state index in [-0.39, 0.29) is 6.04 Å². The molecule has 0 aliphatic rings. The molecule has 3 N–H and O–H groups in total. The molecule has 0 fully saturated rings. The lowest BCUT2D eigenvalue weighted by molar-refractivity contribution is 0.413. The monoisotopic (exact) mass is 168 g/mol. The fourth-order valence-electron chi connectivity index (χ4n) is 1.21. The molecule has 0 spiro atoms. The zero-order valence-electron chi connectivity index (χ0n) is 7.78. The van der Waals surface area contributed by atoms with Crippen LogP contribution in [0.15, 0.2) is 12.5 Å². The van der Waals surface area contributed by atoms with Crippen molar-refractivity contribution in [2.45, 2.75) is 19.9 Å². The SMILES string of the molecule is CC(C)C(NN)c1cn(C)cn1. The van der Waals surface area contributed by atoms with E-state index in [0.717, 1.165) is 5.69 Å². The van der Waals surface area contributed by atoms with Crippen LogP contribution in [0.3, 0.4) is 0 Å². The molecule has 1 unspecified atom stereocenters. The summed E-state index contributed by atoms with van der Waals surface area (Å²) >= 11 is 0. The molecule has 68 valence electrons. The molecule has 1 aromatic rings. The third-order valence-electron chi connectivity index (χ3n) is 1.89. The van der Waals surface area contributed by atoms with Crippen molar-refractivity contribution in [1.29, 1.82) is 0 Å². The smallest absolute Gasteiger partial charge is 0.0947 e. The molecule has 0 amide bonds. The van der Waals surface area contributed by atoms with Gasteiger partial charge in [0, 0.05) is 13.2 Å². The average Bonchev–Trinajstić information content (AvgIpc) is 2.37. The maximum atomic E-state index is 5.42. The number of aromatic nitrogens is 2. The van der Waals surface area contributed by atoms with Crippen molar-refractivity contribution < 1.29 is 0 Å². The molecular weight excluding hydrogens is 152 g/mol. The third-order valence-corrected chi connectivity index (χ3v) is 1.89. The Morgan fingerprint density at radius 3 is 2.58 bits per heavy atom. The summed E-state index contributed by atoms with van der Waals surface area (Å²) < 4.78 is 1.92. The summed E-state index contributed by atoms with van der Waals surface area (Å²) in [5.74, 6) is 5.86. The molecule has 0 saturated heterocycles. The summed E-state index contributed by atoms with van der Waals surface area (Å²) in [7, 11) is 1.95. The number of nitrogens with zero attached hydrogens (tertiary/aromatic N) is 2. The van der Waals surface area contributed by atoms with Crippen LogP contribution in [0.1, 0.15) is 25.6 Å². The van der Waals surface area contributed by atoms with Gasteiger partial charge in [-0.25, -0.2) is 4.98 Å². The summed E-state index contributed by atoms with van der Waals surface area (Å²) in [4.78, 5) is 4.23. The molecular formula is C8H16N4. The molecule has 12 heavy (non-hydrogen) atoms. The van der Waals surface area contributed by atoms with E-state index in [4.69, 9.17) is 5.84 Å². The topological polar surface area (TPSA) is 55.9 Å². The highest BCUT2D eigenvalue weighted by molar-refractivity contribution is 5.03. The van der Waals surface area contributed by atoms with E-state index < -0.39 is 0 Å². The van der Waals surface area contributed by atoms with Crippen molar-refractivity contribution in [2.75, 3.05) is 0 Å².